The molecule has 5 heteroatoms. The van der Waals surface area contributed by atoms with Crippen LogP contribution in [0.4, 0.5) is 5.82 Å². The molecule has 5 nitrogen and oxygen atoms in total. The molecule has 0 spiro atoms. The number of quaternary nitrogens is 1. The van der Waals surface area contributed by atoms with E-state index in [1.807, 2.05) is 12.3 Å². The van der Waals surface area contributed by atoms with Crippen molar-refractivity contribution in [3.63, 3.8) is 0 Å². The molecular weight excluding hydrogens is 362 g/mol. The fourth-order valence-electron chi connectivity index (χ4n) is 6.65. The van der Waals surface area contributed by atoms with Crippen LogP contribution in [0.3, 0.4) is 0 Å². The van der Waals surface area contributed by atoms with Crippen molar-refractivity contribution < 1.29 is 19.4 Å². The summed E-state index contributed by atoms with van der Waals surface area (Å²) in [4.78, 5) is 20.1. The molecule has 3 heterocycles. The van der Waals surface area contributed by atoms with E-state index in [1.165, 1.54) is 30.7 Å². The number of carbonyl (C=O) groups excluding carboxylic acids is 1. The monoisotopic (exact) mass is 397 g/mol. The Kier molecular flexibility index (Phi) is 4.89. The summed E-state index contributed by atoms with van der Waals surface area (Å²) in [5.41, 5.74) is 1.71. The molecule has 0 aromatic carbocycles. The van der Waals surface area contributed by atoms with Gasteiger partial charge in [-0.1, -0.05) is 25.1 Å². The average molecular weight is 398 g/mol. The van der Waals surface area contributed by atoms with Gasteiger partial charge in [-0.25, -0.2) is 4.98 Å². The molecule has 2 saturated heterocycles. The average Bonchev–Trinajstić information content (AvgIpc) is 3.01. The largest absolute Gasteiger partial charge is 0.462 e. The van der Waals surface area contributed by atoms with Gasteiger partial charge >= 0.3 is 5.97 Å². The van der Waals surface area contributed by atoms with Gasteiger partial charge in [0.15, 0.2) is 0 Å². The van der Waals surface area contributed by atoms with Gasteiger partial charge in [0.25, 0.3) is 5.82 Å². The molecule has 0 unspecified atom stereocenters. The first kappa shape index (κ1) is 19.1. The summed E-state index contributed by atoms with van der Waals surface area (Å²) in [5.74, 6) is 2.30. The van der Waals surface area contributed by atoms with Gasteiger partial charge in [0, 0.05) is 12.0 Å². The Morgan fingerprint density at radius 2 is 2.17 bits per heavy atom. The van der Waals surface area contributed by atoms with E-state index >= 15 is 0 Å². The Labute approximate surface area is 174 Å². The molecule has 156 valence electrons. The highest BCUT2D eigenvalue weighted by atomic mass is 16.6. The number of allylic oxidation sites excluding steroid dienone is 1. The Bertz CT molecular complexity index is 774. The minimum absolute atomic E-state index is 0.0687. The normalized spacial score (nSPS) is 37.8. The summed E-state index contributed by atoms with van der Waals surface area (Å²) in [7, 11) is 0. The molecule has 29 heavy (non-hydrogen) atoms. The molecule has 2 aliphatic heterocycles. The summed E-state index contributed by atoms with van der Waals surface area (Å²) < 4.78 is 5.96. The first-order valence-electron chi connectivity index (χ1n) is 11.5. The van der Waals surface area contributed by atoms with Crippen molar-refractivity contribution in [1.82, 2.24) is 0 Å². The first-order valence-corrected chi connectivity index (χ1v) is 11.5. The molecule has 5 rings (SSSR count). The molecule has 1 aromatic heterocycles. The van der Waals surface area contributed by atoms with Crippen LogP contribution in [0.5, 0.6) is 0 Å². The number of aromatic nitrogens is 1. The van der Waals surface area contributed by atoms with Crippen molar-refractivity contribution in [2.45, 2.75) is 45.1 Å². The summed E-state index contributed by atoms with van der Waals surface area (Å²) in [6, 6.07) is 6.24. The maximum Gasteiger partial charge on any atom is 0.315 e. The SMILES string of the molecule is C=C1CCC[C@]2(C)C[C@H]3OC(=O)[C@H](C[NH+]4CCN(c5cccc[nH+]5)CC4)[C@H]3C[C@@H]12. The molecule has 4 fully saturated rings. The Balaban J connectivity index is 1.23. The van der Waals surface area contributed by atoms with Crippen LogP contribution >= 0.6 is 0 Å². The zero-order valence-electron chi connectivity index (χ0n) is 17.7. The van der Waals surface area contributed by atoms with Gasteiger partial charge in [-0.05, 0) is 49.5 Å². The maximum absolute atomic E-state index is 12.8. The van der Waals surface area contributed by atoms with Gasteiger partial charge in [-0.15, -0.1) is 0 Å². The quantitative estimate of drug-likeness (QED) is 0.622. The zero-order valence-corrected chi connectivity index (χ0v) is 17.7. The second-order valence-corrected chi connectivity index (χ2v) is 10.1. The van der Waals surface area contributed by atoms with Crippen molar-refractivity contribution in [3.05, 3.63) is 36.5 Å². The number of anilines is 1. The zero-order chi connectivity index (χ0) is 20.0. The number of esters is 1. The fraction of sp³-hybridized carbons (Fsp3) is 0.667. The van der Waals surface area contributed by atoms with Crippen molar-refractivity contribution in [2.24, 2.45) is 23.2 Å². The van der Waals surface area contributed by atoms with E-state index < -0.39 is 0 Å². The van der Waals surface area contributed by atoms with Crippen LogP contribution < -0.4 is 14.8 Å². The number of ether oxygens (including phenoxy) is 1. The number of hydrogen-bond acceptors (Lipinski definition) is 3. The van der Waals surface area contributed by atoms with Crippen LogP contribution in [0.1, 0.15) is 39.0 Å². The Hall–Kier alpha value is -1.88. The number of nitrogens with zero attached hydrogens (tertiary/aromatic N) is 1. The molecule has 0 bridgehead atoms. The highest BCUT2D eigenvalue weighted by Gasteiger charge is 2.56. The third-order valence-electron chi connectivity index (χ3n) is 8.33. The minimum atomic E-state index is 0.0687. The van der Waals surface area contributed by atoms with Crippen LogP contribution in [-0.4, -0.2) is 44.8 Å². The summed E-state index contributed by atoms with van der Waals surface area (Å²) in [6.07, 6.45) is 7.93. The topological polar surface area (TPSA) is 48.1 Å². The van der Waals surface area contributed by atoms with E-state index in [4.69, 9.17) is 4.74 Å². The second kappa shape index (κ2) is 7.42. The molecule has 2 N–H and O–H groups in total. The molecule has 2 saturated carbocycles. The number of rotatable bonds is 3. The van der Waals surface area contributed by atoms with Gasteiger partial charge in [0.1, 0.15) is 38.2 Å². The van der Waals surface area contributed by atoms with E-state index in [0.29, 0.717) is 11.8 Å². The highest BCUT2D eigenvalue weighted by molar-refractivity contribution is 5.75. The van der Waals surface area contributed by atoms with Crippen molar-refractivity contribution >= 4 is 11.8 Å². The summed E-state index contributed by atoms with van der Waals surface area (Å²) in [6.45, 7) is 12.0. The Morgan fingerprint density at radius 1 is 1.34 bits per heavy atom. The van der Waals surface area contributed by atoms with Crippen LogP contribution in [0.2, 0.25) is 0 Å². The van der Waals surface area contributed by atoms with Crippen molar-refractivity contribution in [1.29, 1.82) is 0 Å². The number of aromatic amines is 1. The highest BCUT2D eigenvalue weighted by Crippen LogP contribution is 2.56. The lowest BCUT2D eigenvalue weighted by molar-refractivity contribution is -0.903. The summed E-state index contributed by atoms with van der Waals surface area (Å²) in [5, 5.41) is 0. The van der Waals surface area contributed by atoms with Crippen LogP contribution in [0, 0.1) is 23.2 Å². The fourth-order valence-corrected chi connectivity index (χ4v) is 6.65. The molecule has 1 aromatic rings. The maximum atomic E-state index is 12.8. The first-order chi connectivity index (χ1) is 14.0. The van der Waals surface area contributed by atoms with E-state index in [0.717, 1.165) is 45.6 Å². The third-order valence-corrected chi connectivity index (χ3v) is 8.33. The van der Waals surface area contributed by atoms with Crippen molar-refractivity contribution in [2.75, 3.05) is 37.6 Å². The molecular formula is C24H35N3O2+2. The predicted octanol–water partition coefficient (Wildman–Crippen LogP) is 1.52. The molecule has 2 aliphatic carbocycles. The van der Waals surface area contributed by atoms with E-state index in [9.17, 15) is 4.79 Å². The van der Waals surface area contributed by atoms with E-state index in [1.54, 1.807) is 4.90 Å². The molecule has 0 radical (unpaired) electrons. The lowest BCUT2D eigenvalue weighted by atomic mass is 9.55. The standard InChI is InChI=1S/C24H33N3O2/c1-17-6-5-8-24(2)15-21-18(14-20(17)24)19(23(28)29-21)16-26-10-12-27(13-11-26)22-7-3-4-9-25-22/h3-4,7,9,18-21H,1,5-6,8,10-16H2,2H3/p+2/t18-,19-,20+,21-,24-/m1/s1. The summed E-state index contributed by atoms with van der Waals surface area (Å²) >= 11 is 0. The Morgan fingerprint density at radius 3 is 2.93 bits per heavy atom. The van der Waals surface area contributed by atoms with Gasteiger partial charge in [-0.2, -0.15) is 0 Å². The van der Waals surface area contributed by atoms with Gasteiger partial charge in [0.2, 0.25) is 0 Å². The van der Waals surface area contributed by atoms with Gasteiger partial charge in [0.05, 0.1) is 12.7 Å². The van der Waals surface area contributed by atoms with Crippen molar-refractivity contribution in [3.8, 4) is 0 Å². The number of hydrogen-bond donors (Lipinski definition) is 1. The van der Waals surface area contributed by atoms with Gasteiger partial charge < -0.3 is 9.64 Å². The number of carbonyl (C=O) groups is 1. The number of piperazine rings is 1. The van der Waals surface area contributed by atoms with Crippen LogP contribution in [0.25, 0.3) is 0 Å². The number of fused-ring (bicyclic) bond motifs is 2. The molecule has 0 amide bonds. The number of pyridine rings is 1. The third kappa shape index (κ3) is 3.48. The van der Waals surface area contributed by atoms with E-state index in [-0.39, 0.29) is 23.4 Å². The van der Waals surface area contributed by atoms with Gasteiger partial charge in [-0.3, -0.25) is 9.69 Å². The molecule has 5 atom stereocenters. The lowest BCUT2D eigenvalue weighted by Crippen LogP contribution is -3.15. The van der Waals surface area contributed by atoms with E-state index in [2.05, 4.69) is 35.5 Å². The number of H-pyrrole nitrogens is 1. The minimum Gasteiger partial charge on any atom is -0.462 e. The number of nitrogens with one attached hydrogen (secondary N) is 2. The van der Waals surface area contributed by atoms with Crippen LogP contribution in [0.15, 0.2) is 36.5 Å². The smallest absolute Gasteiger partial charge is 0.315 e. The second-order valence-electron chi connectivity index (χ2n) is 10.1. The van der Waals surface area contributed by atoms with Crippen LogP contribution in [-0.2, 0) is 9.53 Å². The predicted molar refractivity (Wildman–Crippen MR) is 111 cm³/mol. The lowest BCUT2D eigenvalue weighted by Gasteiger charge is -2.50. The molecule has 4 aliphatic rings.